The van der Waals surface area contributed by atoms with Crippen molar-refractivity contribution in [3.8, 4) is 0 Å². The van der Waals surface area contributed by atoms with Gasteiger partial charge in [0.05, 0.1) is 25.3 Å². The van der Waals surface area contributed by atoms with E-state index in [1.54, 1.807) is 30.3 Å². The molecule has 2 rings (SSSR count). The van der Waals surface area contributed by atoms with Gasteiger partial charge < -0.3 is 14.7 Å². The average molecular weight is 265 g/mol. The van der Waals surface area contributed by atoms with E-state index in [9.17, 15) is 14.7 Å². The van der Waals surface area contributed by atoms with Crippen molar-refractivity contribution < 1.29 is 24.3 Å². The molecular formula is C13H15NO5. The van der Waals surface area contributed by atoms with Gasteiger partial charge in [0.1, 0.15) is 6.04 Å². The fraction of sp³-hybridized carbons (Fsp3) is 0.385. The second-order valence-corrected chi connectivity index (χ2v) is 4.27. The van der Waals surface area contributed by atoms with E-state index in [4.69, 9.17) is 4.84 Å². The van der Waals surface area contributed by atoms with Gasteiger partial charge in [-0.15, -0.1) is 5.06 Å². The standard InChI is InChI=1S/C13H15NO5/c1-18-13(17)11-7-10(15)8-14(11)19-12(16)9-5-3-2-4-6-9/h2-6,10-11,15H,7-8H2,1H3/t10?,11-/m0/s1. The van der Waals surface area contributed by atoms with Crippen molar-refractivity contribution in [2.24, 2.45) is 0 Å². The van der Waals surface area contributed by atoms with E-state index < -0.39 is 24.1 Å². The number of esters is 1. The number of carbonyl (C=O) groups is 2. The highest BCUT2D eigenvalue weighted by molar-refractivity contribution is 5.89. The number of nitrogens with zero attached hydrogens (tertiary/aromatic N) is 1. The molecule has 1 saturated heterocycles. The van der Waals surface area contributed by atoms with Crippen LogP contribution in [-0.2, 0) is 14.4 Å². The first-order chi connectivity index (χ1) is 9.11. The molecule has 1 N–H and O–H groups in total. The SMILES string of the molecule is COC(=O)[C@@H]1CC(O)CN1OC(=O)c1ccccc1. The number of rotatable bonds is 3. The Balaban J connectivity index is 2.05. The minimum Gasteiger partial charge on any atom is -0.468 e. The number of hydrogen-bond acceptors (Lipinski definition) is 6. The molecule has 0 saturated carbocycles. The van der Waals surface area contributed by atoms with Gasteiger partial charge in [0.15, 0.2) is 0 Å². The summed E-state index contributed by atoms with van der Waals surface area (Å²) < 4.78 is 4.62. The maximum atomic E-state index is 11.9. The summed E-state index contributed by atoms with van der Waals surface area (Å²) in [5, 5.41) is 10.7. The van der Waals surface area contributed by atoms with Crippen LogP contribution in [0.3, 0.4) is 0 Å². The molecule has 0 aromatic heterocycles. The summed E-state index contributed by atoms with van der Waals surface area (Å²) in [7, 11) is 1.25. The van der Waals surface area contributed by atoms with Gasteiger partial charge >= 0.3 is 11.9 Å². The normalized spacial score (nSPS) is 23.1. The largest absolute Gasteiger partial charge is 0.468 e. The predicted molar refractivity (Wildman–Crippen MR) is 65.0 cm³/mol. The lowest BCUT2D eigenvalue weighted by Gasteiger charge is -2.20. The molecule has 1 aliphatic rings. The fourth-order valence-corrected chi connectivity index (χ4v) is 1.97. The lowest BCUT2D eigenvalue weighted by Crippen LogP contribution is -2.38. The molecule has 102 valence electrons. The maximum Gasteiger partial charge on any atom is 0.357 e. The number of carbonyl (C=O) groups excluding carboxylic acids is 2. The van der Waals surface area contributed by atoms with Gasteiger partial charge in [-0.2, -0.15) is 0 Å². The van der Waals surface area contributed by atoms with E-state index >= 15 is 0 Å². The van der Waals surface area contributed by atoms with Crippen molar-refractivity contribution in [3.63, 3.8) is 0 Å². The molecule has 6 nitrogen and oxygen atoms in total. The number of β-amino-alcohol motifs (C(OH)–C–C–N with tert-alkyl or cyclic N) is 1. The minimum atomic E-state index is -0.757. The number of ether oxygens (including phenoxy) is 1. The Labute approximate surface area is 110 Å². The van der Waals surface area contributed by atoms with E-state index in [0.29, 0.717) is 5.56 Å². The van der Waals surface area contributed by atoms with Crippen molar-refractivity contribution in [2.75, 3.05) is 13.7 Å². The third-order valence-electron chi connectivity index (χ3n) is 2.92. The number of methoxy groups -OCH3 is 1. The number of aliphatic hydroxyl groups excluding tert-OH is 1. The van der Waals surface area contributed by atoms with Crippen molar-refractivity contribution in [2.45, 2.75) is 18.6 Å². The zero-order valence-corrected chi connectivity index (χ0v) is 10.5. The smallest absolute Gasteiger partial charge is 0.357 e. The summed E-state index contributed by atoms with van der Waals surface area (Å²) in [6, 6.07) is 7.69. The van der Waals surface area contributed by atoms with Crippen LogP contribution < -0.4 is 0 Å². The topological polar surface area (TPSA) is 76.1 Å². The van der Waals surface area contributed by atoms with Crippen LogP contribution in [0.4, 0.5) is 0 Å². The van der Waals surface area contributed by atoms with Gasteiger partial charge in [0, 0.05) is 6.42 Å². The van der Waals surface area contributed by atoms with Crippen LogP contribution >= 0.6 is 0 Å². The summed E-state index contributed by atoms with van der Waals surface area (Å²) in [6.45, 7) is 0.0956. The molecule has 1 unspecified atom stereocenters. The van der Waals surface area contributed by atoms with Gasteiger partial charge in [0.25, 0.3) is 0 Å². The third kappa shape index (κ3) is 3.10. The van der Waals surface area contributed by atoms with E-state index in [2.05, 4.69) is 4.74 Å². The summed E-state index contributed by atoms with van der Waals surface area (Å²) >= 11 is 0. The third-order valence-corrected chi connectivity index (χ3v) is 2.92. The Hall–Kier alpha value is -1.92. The summed E-state index contributed by atoms with van der Waals surface area (Å²) in [6.07, 6.45) is -0.526. The highest BCUT2D eigenvalue weighted by Gasteiger charge is 2.39. The number of benzene rings is 1. The van der Waals surface area contributed by atoms with E-state index in [0.717, 1.165) is 0 Å². The van der Waals surface area contributed by atoms with Crippen molar-refractivity contribution in [1.82, 2.24) is 5.06 Å². The number of aliphatic hydroxyl groups is 1. The monoisotopic (exact) mass is 265 g/mol. The second-order valence-electron chi connectivity index (χ2n) is 4.27. The van der Waals surface area contributed by atoms with Crippen LogP contribution in [0.2, 0.25) is 0 Å². The molecule has 0 amide bonds. The summed E-state index contributed by atoms with van der Waals surface area (Å²) in [4.78, 5) is 28.5. The quantitative estimate of drug-likeness (QED) is 0.796. The zero-order chi connectivity index (χ0) is 13.8. The van der Waals surface area contributed by atoms with Crippen LogP contribution in [0.5, 0.6) is 0 Å². The summed E-state index contributed by atoms with van der Waals surface area (Å²) in [5.41, 5.74) is 0.382. The lowest BCUT2D eigenvalue weighted by molar-refractivity contribution is -0.166. The van der Waals surface area contributed by atoms with Crippen molar-refractivity contribution in [1.29, 1.82) is 0 Å². The molecule has 0 aliphatic carbocycles. The van der Waals surface area contributed by atoms with Crippen molar-refractivity contribution in [3.05, 3.63) is 35.9 Å². The Morgan fingerprint density at radius 3 is 2.63 bits per heavy atom. The molecule has 1 heterocycles. The van der Waals surface area contributed by atoms with Gasteiger partial charge in [-0.1, -0.05) is 18.2 Å². The van der Waals surface area contributed by atoms with Gasteiger partial charge in [0.2, 0.25) is 0 Å². The molecule has 19 heavy (non-hydrogen) atoms. The first kappa shape index (κ1) is 13.5. The number of hydrogen-bond donors (Lipinski definition) is 1. The van der Waals surface area contributed by atoms with Crippen LogP contribution in [0.25, 0.3) is 0 Å². The fourth-order valence-electron chi connectivity index (χ4n) is 1.97. The molecule has 1 fully saturated rings. The van der Waals surface area contributed by atoms with Crippen LogP contribution in [-0.4, -0.2) is 47.9 Å². The molecule has 6 heteroatoms. The van der Waals surface area contributed by atoms with Crippen LogP contribution in [0.15, 0.2) is 30.3 Å². The summed E-state index contributed by atoms with van der Waals surface area (Å²) in [5.74, 6) is -1.10. The average Bonchev–Trinajstić information content (AvgIpc) is 2.79. The molecule has 1 aromatic rings. The maximum absolute atomic E-state index is 11.9. The molecule has 0 bridgehead atoms. The molecular weight excluding hydrogens is 250 g/mol. The minimum absolute atomic E-state index is 0.0956. The Bertz CT molecular complexity index is 461. The first-order valence-electron chi connectivity index (χ1n) is 5.91. The van der Waals surface area contributed by atoms with Crippen LogP contribution in [0, 0.1) is 0 Å². The van der Waals surface area contributed by atoms with E-state index in [-0.39, 0.29) is 13.0 Å². The van der Waals surface area contributed by atoms with Gasteiger partial charge in [-0.25, -0.2) is 4.79 Å². The van der Waals surface area contributed by atoms with Crippen molar-refractivity contribution >= 4 is 11.9 Å². The molecule has 0 radical (unpaired) electrons. The Morgan fingerprint density at radius 2 is 2.00 bits per heavy atom. The second kappa shape index (κ2) is 5.81. The molecule has 1 aromatic carbocycles. The first-order valence-corrected chi connectivity index (χ1v) is 5.91. The van der Waals surface area contributed by atoms with E-state index in [1.807, 2.05) is 0 Å². The highest BCUT2D eigenvalue weighted by atomic mass is 16.7. The predicted octanol–water partition coefficient (Wildman–Crippen LogP) is 0.367. The Morgan fingerprint density at radius 1 is 1.32 bits per heavy atom. The molecule has 0 spiro atoms. The lowest BCUT2D eigenvalue weighted by atomic mass is 10.2. The molecule has 1 aliphatic heterocycles. The number of hydroxylamine groups is 2. The van der Waals surface area contributed by atoms with Crippen LogP contribution in [0.1, 0.15) is 16.8 Å². The zero-order valence-electron chi connectivity index (χ0n) is 10.5. The highest BCUT2D eigenvalue weighted by Crippen LogP contribution is 2.20. The van der Waals surface area contributed by atoms with Gasteiger partial charge in [-0.05, 0) is 12.1 Å². The van der Waals surface area contributed by atoms with Gasteiger partial charge in [-0.3, -0.25) is 4.79 Å². The molecule has 2 atom stereocenters. The Kier molecular flexibility index (Phi) is 4.13. The van der Waals surface area contributed by atoms with E-state index in [1.165, 1.54) is 12.2 Å².